The van der Waals surface area contributed by atoms with E-state index in [2.05, 4.69) is 25.6 Å². The molecule has 0 atom stereocenters. The third kappa shape index (κ3) is 6.46. The first-order valence-corrected chi connectivity index (χ1v) is 10.3. The van der Waals surface area contributed by atoms with Crippen molar-refractivity contribution in [3.63, 3.8) is 0 Å². The van der Waals surface area contributed by atoms with Crippen LogP contribution in [0, 0.1) is 0 Å². The predicted octanol–water partition coefficient (Wildman–Crippen LogP) is 4.74. The quantitative estimate of drug-likeness (QED) is 0.459. The summed E-state index contributed by atoms with van der Waals surface area (Å²) in [5, 5.41) is 5.02. The Bertz CT molecular complexity index is 1070. The Labute approximate surface area is 184 Å². The van der Waals surface area contributed by atoms with Crippen LogP contribution in [-0.2, 0) is 16.7 Å². The Morgan fingerprint density at radius 2 is 1.81 bits per heavy atom. The normalized spacial score (nSPS) is 11.2. The van der Waals surface area contributed by atoms with Gasteiger partial charge in [0.15, 0.2) is 0 Å². The molecule has 3 rings (SSSR count). The molecule has 1 heterocycles. The number of para-hydroxylation sites is 2. The van der Waals surface area contributed by atoms with E-state index < -0.39 is 23.3 Å². The molecule has 12 heteroatoms. The number of nitrogens with one attached hydrogen (secondary N) is 2. The second-order valence-electron chi connectivity index (χ2n) is 6.13. The molecule has 7 nitrogen and oxygen atoms in total. The van der Waals surface area contributed by atoms with Gasteiger partial charge in [-0.15, -0.1) is 11.8 Å². The highest BCUT2D eigenvalue weighted by Gasteiger charge is 2.34. The van der Waals surface area contributed by atoms with Gasteiger partial charge in [-0.25, -0.2) is 0 Å². The van der Waals surface area contributed by atoms with Gasteiger partial charge in [-0.2, -0.15) is 28.1 Å². The van der Waals surface area contributed by atoms with E-state index in [9.17, 15) is 18.0 Å². The second-order valence-corrected chi connectivity index (χ2v) is 7.52. The van der Waals surface area contributed by atoms with Crippen LogP contribution in [0.5, 0.6) is 0 Å². The minimum atomic E-state index is -4.65. The molecule has 0 aliphatic heterocycles. The molecule has 2 aromatic carbocycles. The number of nitrogens with two attached hydrogens (primary N) is 1. The number of alkyl halides is 3. The van der Waals surface area contributed by atoms with Gasteiger partial charge in [0.05, 0.1) is 27.8 Å². The summed E-state index contributed by atoms with van der Waals surface area (Å²) in [6, 6.07) is 12.5. The molecule has 4 N–H and O–H groups in total. The van der Waals surface area contributed by atoms with Gasteiger partial charge in [0.25, 0.3) is 0 Å². The predicted molar refractivity (Wildman–Crippen MR) is 115 cm³/mol. The molecular weight excluding hydrogens is 453 g/mol. The molecule has 0 aliphatic carbocycles. The van der Waals surface area contributed by atoms with E-state index in [4.69, 9.17) is 17.3 Å². The largest absolute Gasteiger partial charge is 0.418 e. The monoisotopic (exact) mass is 468 g/mol. The number of aromatic nitrogens is 3. The van der Waals surface area contributed by atoms with E-state index >= 15 is 0 Å². The molecule has 0 saturated carbocycles. The molecule has 0 bridgehead atoms. The van der Waals surface area contributed by atoms with Crippen molar-refractivity contribution in [1.82, 2.24) is 15.0 Å². The van der Waals surface area contributed by atoms with Crippen molar-refractivity contribution in [1.29, 1.82) is 0 Å². The topological polar surface area (TPSA) is 106 Å². The van der Waals surface area contributed by atoms with E-state index in [-0.39, 0.29) is 28.4 Å². The number of anilines is 4. The molecule has 0 radical (unpaired) electrons. The van der Waals surface area contributed by atoms with Gasteiger partial charge in [0, 0.05) is 5.69 Å². The van der Waals surface area contributed by atoms with Gasteiger partial charge in [-0.1, -0.05) is 35.9 Å². The first kappa shape index (κ1) is 22.6. The lowest BCUT2D eigenvalue weighted by Crippen LogP contribution is -2.18. The van der Waals surface area contributed by atoms with Gasteiger partial charge in [0.2, 0.25) is 17.8 Å². The fourth-order valence-corrected chi connectivity index (χ4v) is 3.40. The zero-order valence-corrected chi connectivity index (χ0v) is 17.4. The number of halogens is 4. The van der Waals surface area contributed by atoms with E-state index in [1.54, 1.807) is 0 Å². The SMILES string of the molecule is Nc1nc(CSCC(=O)Nc2c(Cl)cccc2C(F)(F)F)nc(Nc2ccccc2)n1. The van der Waals surface area contributed by atoms with Crippen molar-refractivity contribution >= 4 is 52.5 Å². The smallest absolute Gasteiger partial charge is 0.368 e. The van der Waals surface area contributed by atoms with Crippen molar-refractivity contribution in [2.75, 3.05) is 22.1 Å². The Balaban J connectivity index is 1.60. The van der Waals surface area contributed by atoms with Crippen molar-refractivity contribution < 1.29 is 18.0 Å². The van der Waals surface area contributed by atoms with Crippen molar-refractivity contribution in [3.05, 3.63) is 64.9 Å². The van der Waals surface area contributed by atoms with E-state index in [0.717, 1.165) is 23.5 Å². The maximum Gasteiger partial charge on any atom is 0.418 e. The molecule has 0 unspecified atom stereocenters. The van der Waals surface area contributed by atoms with Crippen LogP contribution in [0.25, 0.3) is 0 Å². The summed E-state index contributed by atoms with van der Waals surface area (Å²) in [4.78, 5) is 24.4. The Hall–Kier alpha value is -3.05. The van der Waals surface area contributed by atoms with Gasteiger partial charge in [-0.3, -0.25) is 4.79 Å². The summed E-state index contributed by atoms with van der Waals surface area (Å²) < 4.78 is 39.4. The lowest BCUT2D eigenvalue weighted by Gasteiger charge is -2.15. The van der Waals surface area contributed by atoms with Crippen molar-refractivity contribution in [2.45, 2.75) is 11.9 Å². The summed E-state index contributed by atoms with van der Waals surface area (Å²) in [6.45, 7) is 0. The molecule has 3 aromatic rings. The first-order valence-electron chi connectivity index (χ1n) is 8.78. The van der Waals surface area contributed by atoms with Gasteiger partial charge < -0.3 is 16.4 Å². The number of carbonyl (C=O) groups excluding carboxylic acids is 1. The van der Waals surface area contributed by atoms with Crippen LogP contribution in [-0.4, -0.2) is 26.6 Å². The standard InChI is InChI=1S/C19H16ClF3N6OS/c20-13-8-4-7-12(19(21,22)23)16(13)28-15(30)10-31-9-14-26-17(24)29-18(27-14)25-11-5-2-1-3-6-11/h1-8H,9-10H2,(H,28,30)(H3,24,25,26,27,29). The lowest BCUT2D eigenvalue weighted by molar-refractivity contribution is -0.137. The number of rotatable bonds is 7. The number of nitrogen functional groups attached to an aromatic ring is 1. The van der Waals surface area contributed by atoms with Gasteiger partial charge in [-0.05, 0) is 24.3 Å². The Morgan fingerprint density at radius 1 is 1.06 bits per heavy atom. The van der Waals surface area contributed by atoms with Crippen LogP contribution in [0.15, 0.2) is 48.5 Å². The minimum Gasteiger partial charge on any atom is -0.368 e. The Kier molecular flexibility index (Phi) is 7.18. The fraction of sp³-hybridized carbons (Fsp3) is 0.158. The van der Waals surface area contributed by atoms with Crippen LogP contribution in [0.4, 0.5) is 36.4 Å². The average Bonchev–Trinajstić information content (AvgIpc) is 2.69. The van der Waals surface area contributed by atoms with E-state index in [1.807, 2.05) is 30.3 Å². The number of carbonyl (C=O) groups is 1. The van der Waals surface area contributed by atoms with Crippen molar-refractivity contribution in [2.24, 2.45) is 0 Å². The average molecular weight is 469 g/mol. The second kappa shape index (κ2) is 9.84. The van der Waals surface area contributed by atoms with Crippen molar-refractivity contribution in [3.8, 4) is 0 Å². The number of thioether (sulfide) groups is 1. The molecule has 0 fully saturated rings. The number of hydrogen-bond acceptors (Lipinski definition) is 7. The highest BCUT2D eigenvalue weighted by molar-refractivity contribution is 7.99. The summed E-state index contributed by atoms with van der Waals surface area (Å²) in [5.41, 5.74) is 4.98. The maximum atomic E-state index is 13.1. The number of benzene rings is 2. The summed E-state index contributed by atoms with van der Waals surface area (Å²) in [7, 11) is 0. The fourth-order valence-electron chi connectivity index (χ4n) is 2.51. The van der Waals surface area contributed by atoms with Gasteiger partial charge in [0.1, 0.15) is 5.82 Å². The molecule has 1 aromatic heterocycles. The third-order valence-electron chi connectivity index (χ3n) is 3.78. The van der Waals surface area contributed by atoms with Crippen LogP contribution < -0.4 is 16.4 Å². The molecule has 31 heavy (non-hydrogen) atoms. The molecule has 0 saturated heterocycles. The zero-order valence-electron chi connectivity index (χ0n) is 15.8. The lowest BCUT2D eigenvalue weighted by atomic mass is 10.1. The highest BCUT2D eigenvalue weighted by atomic mass is 35.5. The molecule has 0 aliphatic rings. The van der Waals surface area contributed by atoms with Crippen LogP contribution in [0.3, 0.4) is 0 Å². The summed E-state index contributed by atoms with van der Waals surface area (Å²) >= 11 is 6.95. The molecule has 1 amide bonds. The summed E-state index contributed by atoms with van der Waals surface area (Å²) in [6.07, 6.45) is -4.65. The summed E-state index contributed by atoms with van der Waals surface area (Å²) in [5.74, 6) is -0.0388. The molecular formula is C19H16ClF3N6OS. The van der Waals surface area contributed by atoms with E-state index in [0.29, 0.717) is 5.82 Å². The van der Waals surface area contributed by atoms with Crippen LogP contribution >= 0.6 is 23.4 Å². The zero-order chi connectivity index (χ0) is 22.4. The first-order chi connectivity index (χ1) is 14.7. The molecule has 0 spiro atoms. The number of hydrogen-bond donors (Lipinski definition) is 3. The minimum absolute atomic E-state index is 0.000584. The Morgan fingerprint density at radius 3 is 2.52 bits per heavy atom. The highest BCUT2D eigenvalue weighted by Crippen LogP contribution is 2.38. The number of nitrogens with zero attached hydrogens (tertiary/aromatic N) is 3. The van der Waals surface area contributed by atoms with Crippen LogP contribution in [0.2, 0.25) is 5.02 Å². The molecule has 162 valence electrons. The third-order valence-corrected chi connectivity index (χ3v) is 5.02. The van der Waals surface area contributed by atoms with E-state index in [1.165, 1.54) is 12.1 Å². The number of amides is 1. The van der Waals surface area contributed by atoms with Crippen LogP contribution in [0.1, 0.15) is 11.4 Å². The van der Waals surface area contributed by atoms with Gasteiger partial charge >= 0.3 is 6.18 Å². The maximum absolute atomic E-state index is 13.1.